The maximum Gasteiger partial charge on any atom is 0.251 e. The lowest BCUT2D eigenvalue weighted by atomic mass is 10.1. The van der Waals surface area contributed by atoms with Crippen LogP contribution in [0.25, 0.3) is 0 Å². The van der Waals surface area contributed by atoms with E-state index in [1.54, 1.807) is 23.9 Å². The highest BCUT2D eigenvalue weighted by Crippen LogP contribution is 2.18. The molecule has 0 spiro atoms. The van der Waals surface area contributed by atoms with Gasteiger partial charge in [0.15, 0.2) is 0 Å². The molecule has 0 unspecified atom stereocenters. The third kappa shape index (κ3) is 3.74. The second-order valence-corrected chi connectivity index (χ2v) is 4.65. The molecule has 0 radical (unpaired) electrons. The number of hydrogen-bond donors (Lipinski definition) is 1. The van der Waals surface area contributed by atoms with Crippen LogP contribution in [-0.4, -0.2) is 23.4 Å². The number of methoxy groups -OCH3 is 1. The zero-order valence-corrected chi connectivity index (χ0v) is 12.1. The summed E-state index contributed by atoms with van der Waals surface area (Å²) >= 11 is 0. The minimum absolute atomic E-state index is 0.0566. The molecule has 1 heterocycles. The minimum atomic E-state index is -0.198. The van der Waals surface area contributed by atoms with Crippen LogP contribution in [0.3, 0.4) is 0 Å². The Labute approximate surface area is 123 Å². The first-order chi connectivity index (χ1) is 10.1. The number of aryl methyl sites for hydroxylation is 1. The summed E-state index contributed by atoms with van der Waals surface area (Å²) in [6, 6.07) is 8.98. The predicted molar refractivity (Wildman–Crippen MR) is 81.5 cm³/mol. The standard InChI is InChI=1S/C17H17NO3/c1-13-7-8-18(17(20)10-13)12-15-11-16(21-2)6-5-14(15)4-3-9-19/h5-8,10-11,19H,9,12H2,1-2H3. The van der Waals surface area contributed by atoms with E-state index in [2.05, 4.69) is 11.8 Å². The topological polar surface area (TPSA) is 51.5 Å². The molecule has 4 nitrogen and oxygen atoms in total. The average Bonchev–Trinajstić information content (AvgIpc) is 2.48. The number of ether oxygens (including phenoxy) is 1. The van der Waals surface area contributed by atoms with Gasteiger partial charge in [-0.05, 0) is 42.3 Å². The fourth-order valence-corrected chi connectivity index (χ4v) is 2.01. The number of hydrogen-bond acceptors (Lipinski definition) is 3. The van der Waals surface area contributed by atoms with Gasteiger partial charge in [0.25, 0.3) is 5.56 Å². The van der Waals surface area contributed by atoms with Crippen LogP contribution >= 0.6 is 0 Å². The SMILES string of the molecule is COc1ccc(C#CCO)c(Cn2ccc(C)cc2=O)c1. The molecule has 0 amide bonds. The molecular formula is C17H17NO3. The summed E-state index contributed by atoms with van der Waals surface area (Å²) < 4.78 is 6.83. The summed E-state index contributed by atoms with van der Waals surface area (Å²) in [5, 5.41) is 8.83. The van der Waals surface area contributed by atoms with Crippen LogP contribution < -0.4 is 10.3 Å². The molecule has 21 heavy (non-hydrogen) atoms. The van der Waals surface area contributed by atoms with Crippen LogP contribution in [0.1, 0.15) is 16.7 Å². The Bertz CT molecular complexity index is 751. The van der Waals surface area contributed by atoms with Crippen molar-refractivity contribution in [2.75, 3.05) is 13.7 Å². The van der Waals surface area contributed by atoms with E-state index in [4.69, 9.17) is 9.84 Å². The summed E-state index contributed by atoms with van der Waals surface area (Å²) in [6.07, 6.45) is 1.76. The van der Waals surface area contributed by atoms with Crippen molar-refractivity contribution in [2.24, 2.45) is 0 Å². The van der Waals surface area contributed by atoms with Gasteiger partial charge >= 0.3 is 0 Å². The van der Waals surface area contributed by atoms with E-state index in [1.165, 1.54) is 0 Å². The Balaban J connectivity index is 2.43. The van der Waals surface area contributed by atoms with Gasteiger partial charge < -0.3 is 14.4 Å². The Hall–Kier alpha value is -2.51. The summed E-state index contributed by atoms with van der Waals surface area (Å²) in [6.45, 7) is 2.09. The van der Waals surface area contributed by atoms with E-state index in [0.29, 0.717) is 12.3 Å². The van der Waals surface area contributed by atoms with Crippen molar-refractivity contribution >= 4 is 0 Å². The van der Waals surface area contributed by atoms with Crippen molar-refractivity contribution in [2.45, 2.75) is 13.5 Å². The minimum Gasteiger partial charge on any atom is -0.497 e. The maximum atomic E-state index is 12.0. The fraction of sp³-hybridized carbons (Fsp3) is 0.235. The number of nitrogens with zero attached hydrogens (tertiary/aromatic N) is 1. The number of rotatable bonds is 3. The quantitative estimate of drug-likeness (QED) is 0.870. The second-order valence-electron chi connectivity index (χ2n) is 4.65. The van der Waals surface area contributed by atoms with Gasteiger partial charge in [-0.15, -0.1) is 0 Å². The van der Waals surface area contributed by atoms with E-state index in [-0.39, 0.29) is 12.2 Å². The highest BCUT2D eigenvalue weighted by molar-refractivity contribution is 5.45. The van der Waals surface area contributed by atoms with Gasteiger partial charge in [0, 0.05) is 17.8 Å². The van der Waals surface area contributed by atoms with Crippen LogP contribution in [0.4, 0.5) is 0 Å². The summed E-state index contributed by atoms with van der Waals surface area (Å²) in [4.78, 5) is 12.0. The summed E-state index contributed by atoms with van der Waals surface area (Å²) in [5.41, 5.74) is 2.53. The molecule has 4 heteroatoms. The van der Waals surface area contributed by atoms with E-state index in [9.17, 15) is 4.79 Å². The molecule has 2 rings (SSSR count). The molecular weight excluding hydrogens is 266 g/mol. The third-order valence-electron chi connectivity index (χ3n) is 3.11. The highest BCUT2D eigenvalue weighted by Gasteiger charge is 2.05. The van der Waals surface area contributed by atoms with E-state index >= 15 is 0 Å². The molecule has 108 valence electrons. The van der Waals surface area contributed by atoms with Gasteiger partial charge in [-0.3, -0.25) is 4.79 Å². The molecule has 2 aromatic rings. The van der Waals surface area contributed by atoms with Crippen LogP contribution in [0.2, 0.25) is 0 Å². The molecule has 0 aliphatic carbocycles. The van der Waals surface area contributed by atoms with E-state index in [1.807, 2.05) is 31.2 Å². The lowest BCUT2D eigenvalue weighted by Crippen LogP contribution is -2.19. The van der Waals surface area contributed by atoms with Gasteiger partial charge in [0.2, 0.25) is 0 Å². The smallest absolute Gasteiger partial charge is 0.251 e. The molecule has 0 bridgehead atoms. The van der Waals surface area contributed by atoms with Crippen molar-refractivity contribution in [1.29, 1.82) is 0 Å². The molecule has 1 aromatic carbocycles. The molecule has 0 saturated carbocycles. The zero-order chi connectivity index (χ0) is 15.2. The van der Waals surface area contributed by atoms with Crippen LogP contribution in [0.15, 0.2) is 41.3 Å². The van der Waals surface area contributed by atoms with Crippen LogP contribution in [0, 0.1) is 18.8 Å². The van der Waals surface area contributed by atoms with E-state index < -0.39 is 0 Å². The fourth-order valence-electron chi connectivity index (χ4n) is 2.01. The van der Waals surface area contributed by atoms with Gasteiger partial charge in [-0.1, -0.05) is 11.8 Å². The molecule has 0 aliphatic rings. The van der Waals surface area contributed by atoms with Crippen molar-refractivity contribution in [3.8, 4) is 17.6 Å². The zero-order valence-electron chi connectivity index (χ0n) is 12.1. The first kappa shape index (κ1) is 14.9. The highest BCUT2D eigenvalue weighted by atomic mass is 16.5. The second kappa shape index (κ2) is 6.78. The third-order valence-corrected chi connectivity index (χ3v) is 3.11. The van der Waals surface area contributed by atoms with Crippen molar-refractivity contribution in [3.63, 3.8) is 0 Å². The van der Waals surface area contributed by atoms with Gasteiger partial charge in [0.1, 0.15) is 12.4 Å². The summed E-state index contributed by atoms with van der Waals surface area (Å²) in [5.74, 6) is 6.23. The maximum absolute atomic E-state index is 12.0. The first-order valence-corrected chi connectivity index (χ1v) is 6.58. The Kier molecular flexibility index (Phi) is 4.81. The number of aliphatic hydroxyl groups excluding tert-OH is 1. The number of aromatic nitrogens is 1. The molecule has 0 saturated heterocycles. The van der Waals surface area contributed by atoms with Gasteiger partial charge in [-0.2, -0.15) is 0 Å². The monoisotopic (exact) mass is 283 g/mol. The Morgan fingerprint density at radius 3 is 2.76 bits per heavy atom. The molecule has 1 aromatic heterocycles. The van der Waals surface area contributed by atoms with Crippen LogP contribution in [-0.2, 0) is 6.54 Å². The number of aliphatic hydroxyl groups is 1. The van der Waals surface area contributed by atoms with Crippen LogP contribution in [0.5, 0.6) is 5.75 Å². The molecule has 1 N–H and O–H groups in total. The molecule has 0 atom stereocenters. The first-order valence-electron chi connectivity index (χ1n) is 6.58. The van der Waals surface area contributed by atoms with Gasteiger partial charge in [-0.25, -0.2) is 0 Å². The number of pyridine rings is 1. The lowest BCUT2D eigenvalue weighted by molar-refractivity contribution is 0.350. The van der Waals surface area contributed by atoms with Gasteiger partial charge in [0.05, 0.1) is 13.7 Å². The van der Waals surface area contributed by atoms with E-state index in [0.717, 1.165) is 16.7 Å². The van der Waals surface area contributed by atoms with Crippen molar-refractivity contribution < 1.29 is 9.84 Å². The molecule has 0 aliphatic heterocycles. The van der Waals surface area contributed by atoms with Crippen molar-refractivity contribution in [3.05, 3.63) is 63.6 Å². The largest absolute Gasteiger partial charge is 0.497 e. The normalized spacial score (nSPS) is 9.86. The molecule has 0 fully saturated rings. The van der Waals surface area contributed by atoms with Crippen molar-refractivity contribution in [1.82, 2.24) is 4.57 Å². The lowest BCUT2D eigenvalue weighted by Gasteiger charge is -2.10. The Morgan fingerprint density at radius 1 is 1.29 bits per heavy atom. The summed E-state index contributed by atoms with van der Waals surface area (Å²) in [7, 11) is 1.59. The number of benzene rings is 1. The predicted octanol–water partition coefficient (Wildman–Crippen LogP) is 1.56. The average molecular weight is 283 g/mol. The Morgan fingerprint density at radius 2 is 2.10 bits per heavy atom.